The summed E-state index contributed by atoms with van der Waals surface area (Å²) in [5, 5.41) is 4.54. The first-order chi connectivity index (χ1) is 7.43. The van der Waals surface area contributed by atoms with Gasteiger partial charge in [0, 0.05) is 11.8 Å². The van der Waals surface area contributed by atoms with Crippen LogP contribution < -0.4 is 0 Å². The fraction of sp³-hybridized carbons (Fsp3) is 0.250. The number of hydrogen-bond acceptors (Lipinski definition) is 2. The fourth-order valence-corrected chi connectivity index (χ4v) is 1.68. The van der Waals surface area contributed by atoms with Crippen LogP contribution in [0.1, 0.15) is 6.04 Å². The van der Waals surface area contributed by atoms with Gasteiger partial charge < -0.3 is 4.74 Å². The lowest BCUT2D eigenvalue weighted by atomic mass is 10.2. The summed E-state index contributed by atoms with van der Waals surface area (Å²) < 4.78 is 7.14. The van der Waals surface area contributed by atoms with Gasteiger partial charge in [-0.3, -0.25) is 4.68 Å². The highest BCUT2D eigenvalue weighted by Gasteiger charge is 2.20. The molecule has 0 unspecified atom stereocenters. The second-order valence-corrected chi connectivity index (χ2v) is 3.74. The number of benzene rings is 1. The Kier molecular flexibility index (Phi) is 2.03. The van der Waals surface area contributed by atoms with Crippen molar-refractivity contribution in [2.45, 2.75) is 6.04 Å². The van der Waals surface area contributed by atoms with Gasteiger partial charge in [-0.2, -0.15) is 5.10 Å². The standard InChI is InChI=1S/C12H12N2O/c1-2-4-10(5-3-1)12-6-7-14(13-12)11-8-15-9-11/h1-7,11H,8-9H2. The third-order valence-electron chi connectivity index (χ3n) is 2.67. The Hall–Kier alpha value is -1.61. The normalized spacial score (nSPS) is 16.3. The molecule has 1 fully saturated rings. The number of ether oxygens (including phenoxy) is 1. The molecular weight excluding hydrogens is 188 g/mol. The molecule has 0 bridgehead atoms. The molecule has 2 aromatic rings. The van der Waals surface area contributed by atoms with Crippen molar-refractivity contribution in [2.24, 2.45) is 0 Å². The van der Waals surface area contributed by atoms with Crippen molar-refractivity contribution in [1.29, 1.82) is 0 Å². The minimum atomic E-state index is 0.433. The zero-order valence-corrected chi connectivity index (χ0v) is 8.34. The van der Waals surface area contributed by atoms with Crippen molar-refractivity contribution in [3.8, 4) is 11.3 Å². The van der Waals surface area contributed by atoms with Gasteiger partial charge in [-0.25, -0.2) is 0 Å². The van der Waals surface area contributed by atoms with Gasteiger partial charge in [-0.15, -0.1) is 0 Å². The van der Waals surface area contributed by atoms with Crippen LogP contribution >= 0.6 is 0 Å². The Bertz CT molecular complexity index is 446. The molecule has 0 amide bonds. The molecule has 1 saturated heterocycles. The Balaban J connectivity index is 1.90. The van der Waals surface area contributed by atoms with E-state index in [1.54, 1.807) is 0 Å². The summed E-state index contributed by atoms with van der Waals surface area (Å²) in [6.07, 6.45) is 2.02. The number of hydrogen-bond donors (Lipinski definition) is 0. The Labute approximate surface area is 88.3 Å². The second-order valence-electron chi connectivity index (χ2n) is 3.74. The highest BCUT2D eigenvalue weighted by molar-refractivity contribution is 5.57. The lowest BCUT2D eigenvalue weighted by Crippen LogP contribution is -2.30. The van der Waals surface area contributed by atoms with Gasteiger partial charge in [-0.1, -0.05) is 30.3 Å². The first kappa shape index (κ1) is 8.68. The van der Waals surface area contributed by atoms with Crippen molar-refractivity contribution in [1.82, 2.24) is 9.78 Å². The zero-order chi connectivity index (χ0) is 10.1. The van der Waals surface area contributed by atoms with Crippen molar-refractivity contribution in [3.05, 3.63) is 42.6 Å². The number of aromatic nitrogens is 2. The highest BCUT2D eigenvalue weighted by atomic mass is 16.5. The molecule has 1 aliphatic heterocycles. The van der Waals surface area contributed by atoms with Gasteiger partial charge in [0.25, 0.3) is 0 Å². The maximum Gasteiger partial charge on any atom is 0.0985 e. The molecular formula is C12H12N2O. The van der Waals surface area contributed by atoms with E-state index in [1.165, 1.54) is 0 Å². The quantitative estimate of drug-likeness (QED) is 0.742. The number of nitrogens with zero attached hydrogens (tertiary/aromatic N) is 2. The molecule has 76 valence electrons. The molecule has 15 heavy (non-hydrogen) atoms. The van der Waals surface area contributed by atoms with Gasteiger partial charge in [-0.05, 0) is 6.07 Å². The van der Waals surface area contributed by atoms with E-state index >= 15 is 0 Å². The van der Waals surface area contributed by atoms with Crippen LogP contribution in [0.4, 0.5) is 0 Å². The van der Waals surface area contributed by atoms with Crippen LogP contribution in [0, 0.1) is 0 Å². The van der Waals surface area contributed by atoms with Gasteiger partial charge in [0.1, 0.15) is 0 Å². The summed E-state index contributed by atoms with van der Waals surface area (Å²) in [5.74, 6) is 0. The van der Waals surface area contributed by atoms with Gasteiger partial charge >= 0.3 is 0 Å². The third kappa shape index (κ3) is 1.55. The first-order valence-electron chi connectivity index (χ1n) is 5.12. The number of rotatable bonds is 2. The summed E-state index contributed by atoms with van der Waals surface area (Å²) in [7, 11) is 0. The lowest BCUT2D eigenvalue weighted by Gasteiger charge is -2.25. The second kappa shape index (κ2) is 3.51. The minimum Gasteiger partial charge on any atom is -0.377 e. The molecule has 0 radical (unpaired) electrons. The zero-order valence-electron chi connectivity index (χ0n) is 8.34. The van der Waals surface area contributed by atoms with Crippen LogP contribution in [0.25, 0.3) is 11.3 Å². The maximum atomic E-state index is 5.14. The summed E-state index contributed by atoms with van der Waals surface area (Å²) >= 11 is 0. The minimum absolute atomic E-state index is 0.433. The largest absolute Gasteiger partial charge is 0.377 e. The van der Waals surface area contributed by atoms with Gasteiger partial charge in [0.15, 0.2) is 0 Å². The van der Waals surface area contributed by atoms with E-state index in [-0.39, 0.29) is 0 Å². The molecule has 1 aromatic carbocycles. The smallest absolute Gasteiger partial charge is 0.0985 e. The highest BCUT2D eigenvalue weighted by Crippen LogP contribution is 2.20. The van der Waals surface area contributed by atoms with Crippen molar-refractivity contribution in [2.75, 3.05) is 13.2 Å². The van der Waals surface area contributed by atoms with Gasteiger partial charge in [0.05, 0.1) is 24.9 Å². The topological polar surface area (TPSA) is 27.1 Å². The first-order valence-corrected chi connectivity index (χ1v) is 5.12. The third-order valence-corrected chi connectivity index (χ3v) is 2.67. The van der Waals surface area contributed by atoms with Crippen LogP contribution in [0.5, 0.6) is 0 Å². The van der Waals surface area contributed by atoms with Crippen LogP contribution in [-0.4, -0.2) is 23.0 Å². The maximum absolute atomic E-state index is 5.14. The predicted molar refractivity (Wildman–Crippen MR) is 57.5 cm³/mol. The van der Waals surface area contributed by atoms with E-state index in [2.05, 4.69) is 17.2 Å². The molecule has 0 N–H and O–H groups in total. The van der Waals surface area contributed by atoms with Crippen LogP contribution in [0.15, 0.2) is 42.6 Å². The van der Waals surface area contributed by atoms with E-state index in [0.29, 0.717) is 6.04 Å². The summed E-state index contributed by atoms with van der Waals surface area (Å²) in [6, 6.07) is 12.7. The van der Waals surface area contributed by atoms with E-state index < -0.39 is 0 Å². The average molecular weight is 200 g/mol. The molecule has 1 aliphatic rings. The van der Waals surface area contributed by atoms with Crippen LogP contribution in [0.3, 0.4) is 0 Å². The Morgan fingerprint density at radius 3 is 2.60 bits per heavy atom. The molecule has 0 aliphatic carbocycles. The SMILES string of the molecule is c1ccc(-c2ccn(C3COC3)n2)cc1. The van der Waals surface area contributed by atoms with E-state index in [4.69, 9.17) is 4.74 Å². The molecule has 3 nitrogen and oxygen atoms in total. The van der Waals surface area contributed by atoms with Crippen molar-refractivity contribution in [3.63, 3.8) is 0 Å². The lowest BCUT2D eigenvalue weighted by molar-refractivity contribution is -0.0285. The monoisotopic (exact) mass is 200 g/mol. The molecule has 2 heterocycles. The van der Waals surface area contributed by atoms with Crippen molar-refractivity contribution < 1.29 is 4.74 Å². The van der Waals surface area contributed by atoms with E-state index in [0.717, 1.165) is 24.5 Å². The Morgan fingerprint density at radius 2 is 1.93 bits per heavy atom. The predicted octanol–water partition coefficient (Wildman–Crippen LogP) is 2.12. The van der Waals surface area contributed by atoms with E-state index in [1.807, 2.05) is 35.1 Å². The van der Waals surface area contributed by atoms with Gasteiger partial charge in [0.2, 0.25) is 0 Å². The molecule has 3 heteroatoms. The average Bonchev–Trinajstić information content (AvgIpc) is 2.66. The van der Waals surface area contributed by atoms with Crippen molar-refractivity contribution >= 4 is 0 Å². The molecule has 0 spiro atoms. The fourth-order valence-electron chi connectivity index (χ4n) is 1.68. The summed E-state index contributed by atoms with van der Waals surface area (Å²) in [5.41, 5.74) is 2.19. The molecule has 3 rings (SSSR count). The van der Waals surface area contributed by atoms with Crippen LogP contribution in [0.2, 0.25) is 0 Å². The van der Waals surface area contributed by atoms with E-state index in [9.17, 15) is 0 Å². The molecule has 0 saturated carbocycles. The molecule has 1 aromatic heterocycles. The van der Waals surface area contributed by atoms with Crippen LogP contribution in [-0.2, 0) is 4.74 Å². The summed E-state index contributed by atoms with van der Waals surface area (Å²) in [4.78, 5) is 0. The summed E-state index contributed by atoms with van der Waals surface area (Å²) in [6.45, 7) is 1.58. The molecule has 0 atom stereocenters. The Morgan fingerprint density at radius 1 is 1.13 bits per heavy atom.